The van der Waals surface area contributed by atoms with Gasteiger partial charge in [0.05, 0.1) is 17.8 Å². The molecule has 0 aliphatic rings. The third-order valence-corrected chi connectivity index (χ3v) is 7.45. The summed E-state index contributed by atoms with van der Waals surface area (Å²) >= 11 is 0. The quantitative estimate of drug-likeness (QED) is 0.187. The lowest BCUT2D eigenvalue weighted by Gasteiger charge is -2.13. The van der Waals surface area contributed by atoms with Crippen LogP contribution < -0.4 is 4.72 Å². The van der Waals surface area contributed by atoms with Gasteiger partial charge in [0.15, 0.2) is 0 Å². The molecular weight excluding hydrogens is 512 g/mol. The molecule has 4 aromatic rings. The number of rotatable bonds is 9. The molecule has 0 unspecified atom stereocenters. The molecule has 2 aromatic heterocycles. The number of hydrogen-bond donors (Lipinski definition) is 1. The van der Waals surface area contributed by atoms with Crippen molar-refractivity contribution in [1.29, 1.82) is 0 Å². The van der Waals surface area contributed by atoms with Crippen molar-refractivity contribution in [1.82, 2.24) is 14.9 Å². The maximum Gasteiger partial charge on any atom is 0.356 e. The van der Waals surface area contributed by atoms with E-state index < -0.39 is 16.0 Å². The molecule has 0 fully saturated rings. The molecule has 1 N–H and O–H groups in total. The van der Waals surface area contributed by atoms with Gasteiger partial charge in [-0.05, 0) is 76.3 Å². The van der Waals surface area contributed by atoms with Gasteiger partial charge in [0.2, 0.25) is 0 Å². The number of anilines is 1. The summed E-state index contributed by atoms with van der Waals surface area (Å²) in [5.41, 5.74) is 2.62. The molecule has 0 radical (unpaired) electrons. The van der Waals surface area contributed by atoms with E-state index in [9.17, 15) is 13.2 Å². The first-order valence-corrected chi connectivity index (χ1v) is 14.0. The van der Waals surface area contributed by atoms with Gasteiger partial charge in [-0.25, -0.2) is 18.2 Å². The van der Waals surface area contributed by atoms with Crippen LogP contribution in [0.1, 0.15) is 40.0 Å². The molecule has 8 nitrogen and oxygen atoms in total. The topological polar surface area (TPSA) is 101 Å². The van der Waals surface area contributed by atoms with Gasteiger partial charge in [-0.15, -0.1) is 0 Å². The van der Waals surface area contributed by atoms with Crippen LogP contribution in [-0.4, -0.2) is 56.5 Å². The Kier molecular flexibility index (Phi) is 8.92. The number of benzene rings is 2. The third-order valence-electron chi connectivity index (χ3n) is 5.91. The number of pyridine rings is 2. The Hall–Kier alpha value is -4.26. The van der Waals surface area contributed by atoms with Gasteiger partial charge in [0.1, 0.15) is 10.6 Å². The summed E-state index contributed by atoms with van der Waals surface area (Å²) in [6.07, 6.45) is 4.80. The van der Waals surface area contributed by atoms with Crippen LogP contribution in [-0.2, 0) is 14.8 Å². The van der Waals surface area contributed by atoms with Crippen LogP contribution in [0.4, 0.5) is 5.69 Å². The van der Waals surface area contributed by atoms with Crippen molar-refractivity contribution < 1.29 is 17.9 Å². The summed E-state index contributed by atoms with van der Waals surface area (Å²) < 4.78 is 34.9. The lowest BCUT2D eigenvalue weighted by molar-refractivity contribution is 0.0489. The minimum atomic E-state index is -3.95. The number of esters is 1. The van der Waals surface area contributed by atoms with Crippen LogP contribution in [0.25, 0.3) is 10.9 Å². The number of sulfonamides is 1. The van der Waals surface area contributed by atoms with E-state index in [2.05, 4.69) is 31.4 Å². The third kappa shape index (κ3) is 7.19. The number of fused-ring (bicyclic) bond motifs is 1. The van der Waals surface area contributed by atoms with Crippen molar-refractivity contribution >= 4 is 32.6 Å². The zero-order chi connectivity index (χ0) is 27.8. The second-order valence-electron chi connectivity index (χ2n) is 9.27. The SMILES string of the molecule is Cc1ccc2cccnc2c1S(=O)(=O)Nc1ccccc1C#Cc1ccc(C(=O)OCCCCN(C)C)nc1. The average molecular weight is 543 g/mol. The van der Waals surface area contributed by atoms with E-state index in [4.69, 9.17) is 4.74 Å². The summed E-state index contributed by atoms with van der Waals surface area (Å²) in [7, 11) is 0.0511. The molecule has 9 heteroatoms. The number of aromatic nitrogens is 2. The Morgan fingerprint density at radius 2 is 1.79 bits per heavy atom. The summed E-state index contributed by atoms with van der Waals surface area (Å²) in [5.74, 6) is 5.52. The van der Waals surface area contributed by atoms with Crippen molar-refractivity contribution in [3.8, 4) is 11.8 Å². The second kappa shape index (κ2) is 12.5. The number of unbranched alkanes of at least 4 members (excludes halogenated alkanes) is 1. The number of ether oxygens (including phenoxy) is 1. The smallest absolute Gasteiger partial charge is 0.356 e. The Bertz CT molecular complexity index is 1640. The lowest BCUT2D eigenvalue weighted by atomic mass is 10.1. The highest BCUT2D eigenvalue weighted by atomic mass is 32.2. The number of para-hydroxylation sites is 1. The second-order valence-corrected chi connectivity index (χ2v) is 10.9. The summed E-state index contributed by atoms with van der Waals surface area (Å²) in [5, 5.41) is 0.737. The maximum absolute atomic E-state index is 13.5. The molecule has 0 aliphatic carbocycles. The maximum atomic E-state index is 13.5. The fourth-order valence-electron chi connectivity index (χ4n) is 3.93. The molecule has 0 aliphatic heterocycles. The first-order chi connectivity index (χ1) is 18.7. The minimum Gasteiger partial charge on any atom is -0.461 e. The lowest BCUT2D eigenvalue weighted by Crippen LogP contribution is -2.16. The van der Waals surface area contributed by atoms with Crippen LogP contribution >= 0.6 is 0 Å². The summed E-state index contributed by atoms with van der Waals surface area (Å²) in [4.78, 5) is 22.9. The fourth-order valence-corrected chi connectivity index (χ4v) is 5.42. The molecule has 4 rings (SSSR count). The predicted molar refractivity (Wildman–Crippen MR) is 152 cm³/mol. The molecule has 0 spiro atoms. The summed E-state index contributed by atoms with van der Waals surface area (Å²) in [6.45, 7) is 3.02. The first-order valence-electron chi connectivity index (χ1n) is 12.5. The van der Waals surface area contributed by atoms with Crippen LogP contribution in [0.3, 0.4) is 0 Å². The van der Waals surface area contributed by atoms with Crippen LogP contribution in [0.2, 0.25) is 0 Å². The highest BCUT2D eigenvalue weighted by molar-refractivity contribution is 7.93. The standard InChI is InChI=1S/C30H30N4O4S/c1-22-12-15-25-10-8-18-31-28(25)29(22)39(36,37)33-26-11-5-4-9-24(26)16-13-23-14-17-27(32-21-23)30(35)38-20-7-6-19-34(2)3/h4-5,8-12,14-15,17-18,21,33H,6-7,19-20H2,1-3H3. The largest absolute Gasteiger partial charge is 0.461 e. The number of carbonyl (C=O) groups is 1. The Morgan fingerprint density at radius 1 is 0.974 bits per heavy atom. The molecule has 2 aromatic carbocycles. The zero-order valence-electron chi connectivity index (χ0n) is 22.1. The number of hydrogen-bond acceptors (Lipinski definition) is 7. The van der Waals surface area contributed by atoms with Gasteiger partial charge in [-0.3, -0.25) is 9.71 Å². The van der Waals surface area contributed by atoms with Gasteiger partial charge in [-0.2, -0.15) is 0 Å². The highest BCUT2D eigenvalue weighted by Crippen LogP contribution is 2.27. The minimum absolute atomic E-state index is 0.132. The number of nitrogens with one attached hydrogen (secondary N) is 1. The Balaban J connectivity index is 1.48. The molecule has 2 heterocycles. The highest BCUT2D eigenvalue weighted by Gasteiger charge is 2.22. The van der Waals surface area contributed by atoms with E-state index in [-0.39, 0.29) is 10.6 Å². The van der Waals surface area contributed by atoms with E-state index >= 15 is 0 Å². The van der Waals surface area contributed by atoms with E-state index in [1.165, 1.54) is 6.20 Å². The van der Waals surface area contributed by atoms with Crippen molar-refractivity contribution in [3.63, 3.8) is 0 Å². The monoisotopic (exact) mass is 542 g/mol. The number of carbonyl (C=O) groups excluding carboxylic acids is 1. The number of aryl methyl sites for hydroxylation is 1. The van der Waals surface area contributed by atoms with Gasteiger partial charge in [-0.1, -0.05) is 42.2 Å². The first kappa shape index (κ1) is 27.8. The van der Waals surface area contributed by atoms with Crippen molar-refractivity contribution in [2.24, 2.45) is 0 Å². The summed E-state index contributed by atoms with van der Waals surface area (Å²) in [6, 6.07) is 17.4. The van der Waals surface area contributed by atoms with E-state index in [0.717, 1.165) is 24.8 Å². The zero-order valence-corrected chi connectivity index (χ0v) is 23.0. The molecular formula is C30H30N4O4S. The molecule has 0 bridgehead atoms. The fraction of sp³-hybridized carbons (Fsp3) is 0.233. The van der Waals surface area contributed by atoms with Gasteiger partial charge in [0, 0.05) is 28.9 Å². The van der Waals surface area contributed by atoms with Crippen molar-refractivity contribution in [2.75, 3.05) is 32.0 Å². The molecule has 0 saturated carbocycles. The molecule has 200 valence electrons. The molecule has 39 heavy (non-hydrogen) atoms. The number of nitrogens with zero attached hydrogens (tertiary/aromatic N) is 3. The van der Waals surface area contributed by atoms with Crippen molar-refractivity contribution in [3.05, 3.63) is 95.4 Å². The molecule has 0 amide bonds. The predicted octanol–water partition coefficient (Wildman–Crippen LogP) is 4.64. The van der Waals surface area contributed by atoms with Crippen LogP contribution in [0, 0.1) is 18.8 Å². The van der Waals surface area contributed by atoms with Gasteiger partial charge < -0.3 is 9.64 Å². The van der Waals surface area contributed by atoms with E-state index in [0.29, 0.717) is 34.5 Å². The van der Waals surface area contributed by atoms with Gasteiger partial charge >= 0.3 is 5.97 Å². The molecule has 0 atom stereocenters. The van der Waals surface area contributed by atoms with Crippen LogP contribution in [0.15, 0.2) is 78.0 Å². The normalized spacial score (nSPS) is 11.2. The van der Waals surface area contributed by atoms with Crippen LogP contribution in [0.5, 0.6) is 0 Å². The van der Waals surface area contributed by atoms with Crippen molar-refractivity contribution in [2.45, 2.75) is 24.7 Å². The van der Waals surface area contributed by atoms with E-state index in [1.807, 2.05) is 26.2 Å². The van der Waals surface area contributed by atoms with E-state index in [1.54, 1.807) is 61.7 Å². The molecule has 0 saturated heterocycles. The Morgan fingerprint density at radius 3 is 2.56 bits per heavy atom. The Labute approximate surface area is 229 Å². The van der Waals surface area contributed by atoms with Gasteiger partial charge in [0.25, 0.3) is 10.0 Å². The average Bonchev–Trinajstić information content (AvgIpc) is 2.92.